The zero-order valence-electron chi connectivity index (χ0n) is 11.8. The molecule has 0 saturated heterocycles. The van der Waals surface area contributed by atoms with Crippen molar-refractivity contribution < 1.29 is 14.8 Å². The highest BCUT2D eigenvalue weighted by atomic mass is 16.6. The molecule has 0 aliphatic rings. The average molecular weight is 283 g/mol. The molecule has 0 atom stereocenters. The van der Waals surface area contributed by atoms with E-state index in [9.17, 15) is 10.1 Å². The van der Waals surface area contributed by atoms with Gasteiger partial charge in [0.25, 0.3) is 5.69 Å². The maximum atomic E-state index is 11.0. The van der Waals surface area contributed by atoms with Crippen LogP contribution in [-0.4, -0.2) is 55.4 Å². The number of hydrogen-bond acceptors (Lipinski definition) is 6. The maximum absolute atomic E-state index is 11.0. The van der Waals surface area contributed by atoms with Crippen molar-refractivity contribution in [1.82, 2.24) is 4.90 Å². The molecule has 7 nitrogen and oxygen atoms in total. The number of para-hydroxylation sites is 1. The molecule has 0 aliphatic carbocycles. The first-order valence-corrected chi connectivity index (χ1v) is 6.40. The highest BCUT2D eigenvalue weighted by Crippen LogP contribution is 2.28. The van der Waals surface area contributed by atoms with Crippen molar-refractivity contribution in [2.24, 2.45) is 0 Å². The normalized spacial score (nSPS) is 10.8. The first kappa shape index (κ1) is 16.4. The Bertz CT molecular complexity index is 440. The number of nitrogens with zero attached hydrogens (tertiary/aromatic N) is 2. The van der Waals surface area contributed by atoms with Gasteiger partial charge in [0.05, 0.1) is 18.1 Å². The van der Waals surface area contributed by atoms with E-state index in [1.54, 1.807) is 20.2 Å². The van der Waals surface area contributed by atoms with Crippen LogP contribution in [0.15, 0.2) is 18.2 Å². The third-order valence-corrected chi connectivity index (χ3v) is 3.00. The lowest BCUT2D eigenvalue weighted by Crippen LogP contribution is -2.30. The third-order valence-electron chi connectivity index (χ3n) is 3.00. The molecular weight excluding hydrogens is 262 g/mol. The number of anilines is 1. The number of rotatable bonds is 9. The standard InChI is InChI=1S/C13H21N3O4/c1-14-13-11(4-3-5-12(13)16(18)19)10-15(6-8-17)7-9-20-2/h3-5,14,17H,6-10H2,1-2H3. The van der Waals surface area contributed by atoms with Crippen molar-refractivity contribution in [3.8, 4) is 0 Å². The summed E-state index contributed by atoms with van der Waals surface area (Å²) in [5.74, 6) is 0. The Morgan fingerprint density at radius 2 is 2.20 bits per heavy atom. The number of nitro benzene ring substituents is 1. The fourth-order valence-electron chi connectivity index (χ4n) is 2.03. The minimum atomic E-state index is -0.402. The SMILES string of the molecule is CNc1c(CN(CCO)CCOC)cccc1[N+](=O)[O-]. The van der Waals surface area contributed by atoms with Crippen molar-refractivity contribution in [3.63, 3.8) is 0 Å². The van der Waals surface area contributed by atoms with Crippen molar-refractivity contribution in [3.05, 3.63) is 33.9 Å². The number of nitro groups is 1. The summed E-state index contributed by atoms with van der Waals surface area (Å²) in [5, 5.41) is 23.0. The Morgan fingerprint density at radius 3 is 2.75 bits per heavy atom. The van der Waals surface area contributed by atoms with E-state index in [-0.39, 0.29) is 12.3 Å². The van der Waals surface area contributed by atoms with E-state index in [4.69, 9.17) is 9.84 Å². The molecule has 1 rings (SSSR count). The molecular formula is C13H21N3O4. The second-order valence-corrected chi connectivity index (χ2v) is 4.31. The highest BCUT2D eigenvalue weighted by Gasteiger charge is 2.17. The van der Waals surface area contributed by atoms with Gasteiger partial charge in [0.1, 0.15) is 5.69 Å². The smallest absolute Gasteiger partial charge is 0.292 e. The first-order valence-electron chi connectivity index (χ1n) is 6.40. The molecule has 20 heavy (non-hydrogen) atoms. The zero-order chi connectivity index (χ0) is 15.0. The van der Waals surface area contributed by atoms with Crippen LogP contribution in [0.4, 0.5) is 11.4 Å². The molecule has 0 aromatic heterocycles. The number of benzene rings is 1. The Hall–Kier alpha value is -1.70. The lowest BCUT2D eigenvalue weighted by molar-refractivity contribution is -0.384. The molecule has 112 valence electrons. The van der Waals surface area contributed by atoms with E-state index in [1.807, 2.05) is 11.0 Å². The molecule has 2 N–H and O–H groups in total. The van der Waals surface area contributed by atoms with E-state index in [1.165, 1.54) is 6.07 Å². The summed E-state index contributed by atoms with van der Waals surface area (Å²) in [5.41, 5.74) is 1.39. The molecule has 0 unspecified atom stereocenters. The van der Waals surface area contributed by atoms with Crippen LogP contribution in [0.5, 0.6) is 0 Å². The lowest BCUT2D eigenvalue weighted by Gasteiger charge is -2.22. The van der Waals surface area contributed by atoms with Gasteiger partial charge in [-0.1, -0.05) is 12.1 Å². The molecule has 7 heteroatoms. The van der Waals surface area contributed by atoms with Gasteiger partial charge in [-0.2, -0.15) is 0 Å². The number of methoxy groups -OCH3 is 1. The summed E-state index contributed by atoms with van der Waals surface area (Å²) in [6, 6.07) is 4.98. The van der Waals surface area contributed by atoms with Crippen molar-refractivity contribution >= 4 is 11.4 Å². The van der Waals surface area contributed by atoms with E-state index in [0.717, 1.165) is 5.56 Å². The number of aliphatic hydroxyl groups is 1. The van der Waals surface area contributed by atoms with Gasteiger partial charge >= 0.3 is 0 Å². The maximum Gasteiger partial charge on any atom is 0.292 e. The number of aliphatic hydroxyl groups excluding tert-OH is 1. The molecule has 1 aromatic rings. The predicted molar refractivity (Wildman–Crippen MR) is 76.9 cm³/mol. The molecule has 0 aliphatic heterocycles. The van der Waals surface area contributed by atoms with Crippen LogP contribution in [0.3, 0.4) is 0 Å². The van der Waals surface area contributed by atoms with E-state index < -0.39 is 4.92 Å². The van der Waals surface area contributed by atoms with Crippen LogP contribution in [0.1, 0.15) is 5.56 Å². The van der Waals surface area contributed by atoms with E-state index in [2.05, 4.69) is 5.32 Å². The number of nitrogens with one attached hydrogen (secondary N) is 1. The Labute approximate surface area is 118 Å². The van der Waals surface area contributed by atoms with Gasteiger partial charge in [-0.25, -0.2) is 0 Å². The summed E-state index contributed by atoms with van der Waals surface area (Å²) in [6.07, 6.45) is 0. The molecule has 0 fully saturated rings. The molecule has 0 heterocycles. The van der Waals surface area contributed by atoms with Crippen molar-refractivity contribution in [2.45, 2.75) is 6.54 Å². The quantitative estimate of drug-likeness (QED) is 0.521. The zero-order valence-corrected chi connectivity index (χ0v) is 11.8. The van der Waals surface area contributed by atoms with Crippen LogP contribution >= 0.6 is 0 Å². The Morgan fingerprint density at radius 1 is 1.45 bits per heavy atom. The molecule has 0 saturated carbocycles. The summed E-state index contributed by atoms with van der Waals surface area (Å²) in [6.45, 7) is 2.25. The van der Waals surface area contributed by atoms with Gasteiger partial charge in [-0.3, -0.25) is 15.0 Å². The molecule has 0 amide bonds. The molecule has 0 bridgehead atoms. The van der Waals surface area contributed by atoms with Crippen LogP contribution in [0.2, 0.25) is 0 Å². The monoisotopic (exact) mass is 283 g/mol. The fourth-order valence-corrected chi connectivity index (χ4v) is 2.03. The van der Waals surface area contributed by atoms with Gasteiger partial charge in [-0.05, 0) is 5.56 Å². The number of ether oxygens (including phenoxy) is 1. The van der Waals surface area contributed by atoms with Crippen LogP contribution < -0.4 is 5.32 Å². The molecule has 1 aromatic carbocycles. The average Bonchev–Trinajstić information content (AvgIpc) is 2.44. The van der Waals surface area contributed by atoms with Gasteiger partial charge in [0.15, 0.2) is 0 Å². The summed E-state index contributed by atoms with van der Waals surface area (Å²) >= 11 is 0. The topological polar surface area (TPSA) is 87.9 Å². The van der Waals surface area contributed by atoms with Gasteiger partial charge in [-0.15, -0.1) is 0 Å². The molecule has 0 radical (unpaired) electrons. The van der Waals surface area contributed by atoms with Gasteiger partial charge in [0, 0.05) is 39.9 Å². The summed E-state index contributed by atoms with van der Waals surface area (Å²) in [4.78, 5) is 12.6. The van der Waals surface area contributed by atoms with Gasteiger partial charge in [0.2, 0.25) is 0 Å². The Balaban J connectivity index is 2.93. The predicted octanol–water partition coefficient (Wildman–Crippen LogP) is 1.08. The molecule has 0 spiro atoms. The fraction of sp³-hybridized carbons (Fsp3) is 0.538. The highest BCUT2D eigenvalue weighted by molar-refractivity contribution is 5.66. The van der Waals surface area contributed by atoms with Crippen molar-refractivity contribution in [1.29, 1.82) is 0 Å². The van der Waals surface area contributed by atoms with Gasteiger partial charge < -0.3 is 15.2 Å². The summed E-state index contributed by atoms with van der Waals surface area (Å²) < 4.78 is 5.03. The second-order valence-electron chi connectivity index (χ2n) is 4.31. The van der Waals surface area contributed by atoms with E-state index in [0.29, 0.717) is 31.9 Å². The number of hydrogen-bond donors (Lipinski definition) is 2. The minimum Gasteiger partial charge on any atom is -0.395 e. The first-order chi connectivity index (χ1) is 9.63. The van der Waals surface area contributed by atoms with Crippen LogP contribution in [-0.2, 0) is 11.3 Å². The second kappa shape index (κ2) is 8.47. The minimum absolute atomic E-state index is 0.0352. The van der Waals surface area contributed by atoms with Crippen LogP contribution in [0, 0.1) is 10.1 Å². The van der Waals surface area contributed by atoms with Crippen molar-refractivity contribution in [2.75, 3.05) is 45.8 Å². The Kier molecular flexibility index (Phi) is 6.92. The largest absolute Gasteiger partial charge is 0.395 e. The summed E-state index contributed by atoms with van der Waals surface area (Å²) in [7, 11) is 3.28. The van der Waals surface area contributed by atoms with Crippen LogP contribution in [0.25, 0.3) is 0 Å². The van der Waals surface area contributed by atoms with E-state index >= 15 is 0 Å². The third kappa shape index (κ3) is 4.44. The lowest BCUT2D eigenvalue weighted by atomic mass is 10.1.